The van der Waals surface area contributed by atoms with Gasteiger partial charge in [0.15, 0.2) is 0 Å². The fourth-order valence-electron chi connectivity index (χ4n) is 1.97. The molecule has 0 amide bonds. The molecule has 18 heavy (non-hydrogen) atoms. The van der Waals surface area contributed by atoms with Gasteiger partial charge in [-0.25, -0.2) is 4.39 Å². The van der Waals surface area contributed by atoms with Crippen LogP contribution in [0.2, 0.25) is 0 Å². The van der Waals surface area contributed by atoms with Crippen LogP contribution in [0.5, 0.6) is 0 Å². The summed E-state index contributed by atoms with van der Waals surface area (Å²) in [4.78, 5) is 1.29. The van der Waals surface area contributed by atoms with Crippen LogP contribution in [0.25, 0.3) is 0 Å². The third kappa shape index (κ3) is 3.19. The van der Waals surface area contributed by atoms with E-state index in [1.807, 2.05) is 20.0 Å². The molecule has 0 saturated carbocycles. The van der Waals surface area contributed by atoms with Crippen LogP contribution >= 0.6 is 27.3 Å². The molecular formula is C14H15BrFNS. The lowest BCUT2D eigenvalue weighted by Gasteiger charge is -2.16. The zero-order chi connectivity index (χ0) is 13.1. The van der Waals surface area contributed by atoms with Crippen molar-refractivity contribution in [3.63, 3.8) is 0 Å². The van der Waals surface area contributed by atoms with Gasteiger partial charge >= 0.3 is 0 Å². The molecule has 0 aliphatic heterocycles. The molecule has 2 rings (SSSR count). The first-order valence-electron chi connectivity index (χ1n) is 5.77. The Balaban J connectivity index is 2.20. The van der Waals surface area contributed by atoms with E-state index in [1.165, 1.54) is 16.5 Å². The first kappa shape index (κ1) is 13.7. The van der Waals surface area contributed by atoms with E-state index in [4.69, 9.17) is 0 Å². The minimum absolute atomic E-state index is 0.170. The molecule has 96 valence electrons. The second kappa shape index (κ2) is 5.95. The van der Waals surface area contributed by atoms with Gasteiger partial charge in [0.2, 0.25) is 0 Å². The number of rotatable bonds is 4. The lowest BCUT2D eigenvalue weighted by atomic mass is 10.0. The van der Waals surface area contributed by atoms with E-state index in [0.29, 0.717) is 0 Å². The van der Waals surface area contributed by atoms with Gasteiger partial charge in [-0.05, 0) is 71.7 Å². The quantitative estimate of drug-likeness (QED) is 0.874. The molecule has 0 bridgehead atoms. The minimum Gasteiger partial charge on any atom is -0.312 e. The Bertz CT molecular complexity index is 538. The van der Waals surface area contributed by atoms with E-state index in [1.54, 1.807) is 17.4 Å². The van der Waals surface area contributed by atoms with Crippen molar-refractivity contribution < 1.29 is 4.39 Å². The van der Waals surface area contributed by atoms with Crippen LogP contribution in [0.3, 0.4) is 0 Å². The average molecular weight is 328 g/mol. The minimum atomic E-state index is -0.170. The molecule has 0 saturated heterocycles. The molecule has 0 radical (unpaired) electrons. The number of aryl methyl sites for hydroxylation is 1. The van der Waals surface area contributed by atoms with Gasteiger partial charge in [0, 0.05) is 10.9 Å². The smallest absolute Gasteiger partial charge is 0.123 e. The van der Waals surface area contributed by atoms with Gasteiger partial charge in [-0.2, -0.15) is 0 Å². The third-order valence-electron chi connectivity index (χ3n) is 3.01. The zero-order valence-corrected chi connectivity index (χ0v) is 12.7. The molecule has 1 aromatic carbocycles. The van der Waals surface area contributed by atoms with Crippen molar-refractivity contribution >= 4 is 27.3 Å². The summed E-state index contributed by atoms with van der Waals surface area (Å²) in [6.07, 6.45) is 0.871. The predicted octanol–water partition coefficient (Wildman–Crippen LogP) is 4.46. The van der Waals surface area contributed by atoms with Crippen molar-refractivity contribution in [1.82, 2.24) is 5.32 Å². The fourth-order valence-corrected chi connectivity index (χ4v) is 3.50. The van der Waals surface area contributed by atoms with Gasteiger partial charge in [0.25, 0.3) is 0 Å². The van der Waals surface area contributed by atoms with E-state index < -0.39 is 0 Å². The van der Waals surface area contributed by atoms with Gasteiger partial charge in [0.05, 0.1) is 3.79 Å². The van der Waals surface area contributed by atoms with Crippen LogP contribution in [0.1, 0.15) is 22.0 Å². The Morgan fingerprint density at radius 1 is 1.33 bits per heavy atom. The van der Waals surface area contributed by atoms with Crippen molar-refractivity contribution in [2.75, 3.05) is 7.05 Å². The summed E-state index contributed by atoms with van der Waals surface area (Å²) in [5.41, 5.74) is 2.19. The number of benzene rings is 1. The maximum absolute atomic E-state index is 13.1. The number of halogens is 2. The largest absolute Gasteiger partial charge is 0.312 e. The second-order valence-electron chi connectivity index (χ2n) is 4.26. The monoisotopic (exact) mass is 327 g/mol. The lowest BCUT2D eigenvalue weighted by molar-refractivity contribution is 0.595. The molecular weight excluding hydrogens is 313 g/mol. The van der Waals surface area contributed by atoms with Crippen molar-refractivity contribution in [2.45, 2.75) is 19.4 Å². The number of likely N-dealkylation sites (N-methyl/N-ethyl adjacent to an activating group) is 1. The second-order valence-corrected chi connectivity index (χ2v) is 6.75. The number of hydrogen-bond acceptors (Lipinski definition) is 2. The number of thiophene rings is 1. The highest BCUT2D eigenvalue weighted by Crippen LogP contribution is 2.29. The summed E-state index contributed by atoms with van der Waals surface area (Å²) in [7, 11) is 1.96. The normalized spacial score (nSPS) is 12.7. The van der Waals surface area contributed by atoms with Crippen LogP contribution in [0, 0.1) is 12.7 Å². The van der Waals surface area contributed by atoms with Crippen LogP contribution in [0.4, 0.5) is 4.39 Å². The zero-order valence-electron chi connectivity index (χ0n) is 10.3. The van der Waals surface area contributed by atoms with Gasteiger partial charge in [-0.15, -0.1) is 11.3 Å². The topological polar surface area (TPSA) is 12.0 Å². The van der Waals surface area contributed by atoms with E-state index in [0.717, 1.165) is 15.8 Å². The van der Waals surface area contributed by atoms with E-state index in [-0.39, 0.29) is 11.9 Å². The van der Waals surface area contributed by atoms with Crippen LogP contribution in [-0.4, -0.2) is 7.05 Å². The molecule has 2 aromatic rings. The molecule has 0 fully saturated rings. The SMILES string of the molecule is CNC(Cc1ccc(F)cc1C)c1ccc(Br)s1. The van der Waals surface area contributed by atoms with Crippen LogP contribution < -0.4 is 5.32 Å². The van der Waals surface area contributed by atoms with Gasteiger partial charge in [0.1, 0.15) is 5.82 Å². The number of nitrogens with one attached hydrogen (secondary N) is 1. The van der Waals surface area contributed by atoms with E-state index in [9.17, 15) is 4.39 Å². The maximum Gasteiger partial charge on any atom is 0.123 e. The Morgan fingerprint density at radius 3 is 2.67 bits per heavy atom. The summed E-state index contributed by atoms with van der Waals surface area (Å²) in [6.45, 7) is 1.95. The molecule has 0 spiro atoms. The van der Waals surface area contributed by atoms with Gasteiger partial charge in [-0.3, -0.25) is 0 Å². The predicted molar refractivity (Wildman–Crippen MR) is 78.7 cm³/mol. The Labute approximate surface area is 119 Å². The van der Waals surface area contributed by atoms with Crippen molar-refractivity contribution in [3.8, 4) is 0 Å². The molecule has 4 heteroatoms. The molecule has 1 atom stereocenters. The molecule has 1 nitrogen and oxygen atoms in total. The summed E-state index contributed by atoms with van der Waals surface area (Å²) in [5, 5.41) is 3.32. The van der Waals surface area contributed by atoms with Crippen molar-refractivity contribution in [2.24, 2.45) is 0 Å². The van der Waals surface area contributed by atoms with E-state index >= 15 is 0 Å². The highest BCUT2D eigenvalue weighted by Gasteiger charge is 2.13. The molecule has 1 aromatic heterocycles. The first-order chi connectivity index (χ1) is 8.60. The molecule has 0 aliphatic rings. The summed E-state index contributed by atoms with van der Waals surface area (Å²) < 4.78 is 14.2. The van der Waals surface area contributed by atoms with Crippen molar-refractivity contribution in [1.29, 1.82) is 0 Å². The Morgan fingerprint density at radius 2 is 2.11 bits per heavy atom. The number of hydrogen-bond donors (Lipinski definition) is 1. The van der Waals surface area contributed by atoms with E-state index in [2.05, 4.69) is 33.4 Å². The third-order valence-corrected chi connectivity index (χ3v) is 4.75. The average Bonchev–Trinajstić information content (AvgIpc) is 2.75. The van der Waals surface area contributed by atoms with Crippen LogP contribution in [0.15, 0.2) is 34.1 Å². The summed E-state index contributed by atoms with van der Waals surface area (Å²) >= 11 is 5.21. The molecule has 1 unspecified atom stereocenters. The summed E-state index contributed by atoms with van der Waals surface area (Å²) in [5.74, 6) is -0.170. The summed E-state index contributed by atoms with van der Waals surface area (Å²) in [6, 6.07) is 9.44. The molecule has 0 aliphatic carbocycles. The van der Waals surface area contributed by atoms with Crippen LogP contribution in [-0.2, 0) is 6.42 Å². The Hall–Kier alpha value is -0.710. The maximum atomic E-state index is 13.1. The van der Waals surface area contributed by atoms with Gasteiger partial charge < -0.3 is 5.32 Å². The molecule has 1 heterocycles. The fraction of sp³-hybridized carbons (Fsp3) is 0.286. The van der Waals surface area contributed by atoms with Gasteiger partial charge in [-0.1, -0.05) is 6.07 Å². The highest BCUT2D eigenvalue weighted by molar-refractivity contribution is 9.11. The Kier molecular flexibility index (Phi) is 4.54. The first-order valence-corrected chi connectivity index (χ1v) is 7.38. The standard InChI is InChI=1S/C14H15BrFNS/c1-9-7-11(16)4-3-10(9)8-12(17-2)13-5-6-14(15)18-13/h3-7,12,17H,8H2,1-2H3. The highest BCUT2D eigenvalue weighted by atomic mass is 79.9. The van der Waals surface area contributed by atoms with Crippen molar-refractivity contribution in [3.05, 3.63) is 55.9 Å². The lowest BCUT2D eigenvalue weighted by Crippen LogP contribution is -2.18. The molecule has 1 N–H and O–H groups in total.